The Morgan fingerprint density at radius 3 is 2.43 bits per heavy atom. The van der Waals surface area contributed by atoms with Gasteiger partial charge in [0.15, 0.2) is 5.75 Å². The fourth-order valence-corrected chi connectivity index (χ4v) is 2.65. The first-order valence-corrected chi connectivity index (χ1v) is 9.13. The van der Waals surface area contributed by atoms with Crippen LogP contribution in [0.2, 0.25) is 0 Å². The van der Waals surface area contributed by atoms with E-state index in [9.17, 15) is 14.4 Å². The van der Waals surface area contributed by atoms with E-state index in [0.717, 1.165) is 32.1 Å². The van der Waals surface area contributed by atoms with Gasteiger partial charge in [-0.1, -0.05) is 18.9 Å². The van der Waals surface area contributed by atoms with Crippen molar-refractivity contribution >= 4 is 22.9 Å². The van der Waals surface area contributed by atoms with E-state index in [1.165, 1.54) is 32.0 Å². The Kier molecular flexibility index (Phi) is 7.80. The highest BCUT2D eigenvalue weighted by molar-refractivity contribution is 5.89. The summed E-state index contributed by atoms with van der Waals surface area (Å²) in [5, 5.41) is 0.367. The number of esters is 2. The molecule has 0 aliphatic rings. The summed E-state index contributed by atoms with van der Waals surface area (Å²) in [4.78, 5) is 35.0. The number of carbonyl (C=O) groups is 2. The Bertz CT molecular complexity index is 911. The molecule has 0 N–H and O–H groups in total. The molecule has 0 unspecified atom stereocenters. The largest absolute Gasteiger partial charge is 0.484 e. The molecule has 0 spiro atoms. The lowest BCUT2D eigenvalue weighted by molar-refractivity contribution is -0.132. The first-order chi connectivity index (χ1) is 13.4. The molecule has 1 aromatic heterocycles. The lowest BCUT2D eigenvalue weighted by Crippen LogP contribution is -2.13. The van der Waals surface area contributed by atoms with E-state index in [2.05, 4.69) is 6.58 Å². The second-order valence-electron chi connectivity index (χ2n) is 6.23. The number of ether oxygens (including phenoxy) is 3. The molecule has 0 saturated heterocycles. The lowest BCUT2D eigenvalue weighted by atomic mass is 10.1. The summed E-state index contributed by atoms with van der Waals surface area (Å²) in [5.41, 5.74) is -0.646. The second-order valence-corrected chi connectivity index (χ2v) is 6.23. The fourth-order valence-electron chi connectivity index (χ4n) is 2.65. The van der Waals surface area contributed by atoms with Gasteiger partial charge in [0, 0.05) is 19.9 Å². The Balaban J connectivity index is 2.24. The van der Waals surface area contributed by atoms with Crippen molar-refractivity contribution in [3.05, 3.63) is 41.3 Å². The van der Waals surface area contributed by atoms with Gasteiger partial charge in [-0.25, -0.2) is 4.79 Å². The van der Waals surface area contributed by atoms with Gasteiger partial charge in [0.05, 0.1) is 12.0 Å². The van der Waals surface area contributed by atoms with E-state index in [1.807, 2.05) is 6.08 Å². The van der Waals surface area contributed by atoms with E-state index in [-0.39, 0.29) is 22.8 Å². The van der Waals surface area contributed by atoms with Gasteiger partial charge in [0.2, 0.25) is 5.75 Å². The van der Waals surface area contributed by atoms with Crippen molar-refractivity contribution in [1.82, 2.24) is 0 Å². The standard InChI is InChI=1S/C21H24O7/c1-4-5-6-7-8-9-12-25-20-19(27-15(3)23)17-11-10-16(26-14(2)22)13-18(17)28-21(20)24/h4,10-11,13H,1,5-9,12H2,2-3H3. The maximum atomic E-state index is 12.4. The minimum Gasteiger partial charge on any atom is -0.484 e. The maximum Gasteiger partial charge on any atom is 0.383 e. The van der Waals surface area contributed by atoms with E-state index in [0.29, 0.717) is 12.0 Å². The Morgan fingerprint density at radius 1 is 1.04 bits per heavy atom. The highest BCUT2D eigenvalue weighted by Gasteiger charge is 2.20. The minimum atomic E-state index is -0.768. The molecule has 2 aromatic rings. The average molecular weight is 388 g/mol. The Hall–Kier alpha value is -3.09. The molecular weight excluding hydrogens is 364 g/mol. The van der Waals surface area contributed by atoms with Crippen molar-refractivity contribution in [2.24, 2.45) is 0 Å². The van der Waals surface area contributed by atoms with Crippen LogP contribution in [0.15, 0.2) is 40.1 Å². The highest BCUT2D eigenvalue weighted by Crippen LogP contribution is 2.35. The quantitative estimate of drug-likeness (QED) is 0.198. The zero-order chi connectivity index (χ0) is 20.5. The molecule has 0 fully saturated rings. The van der Waals surface area contributed by atoms with Crippen LogP contribution in [-0.4, -0.2) is 18.5 Å². The minimum absolute atomic E-state index is 0.000202. The molecule has 1 aromatic carbocycles. The SMILES string of the molecule is C=CCCCCCCOc1c(OC(C)=O)c2ccc(OC(C)=O)cc2oc1=O. The van der Waals surface area contributed by atoms with Gasteiger partial charge in [0.25, 0.3) is 0 Å². The van der Waals surface area contributed by atoms with Crippen LogP contribution in [0, 0.1) is 0 Å². The van der Waals surface area contributed by atoms with Crippen LogP contribution in [0.1, 0.15) is 46.0 Å². The number of carbonyl (C=O) groups excluding carboxylic acids is 2. The molecule has 2 rings (SSSR count). The summed E-state index contributed by atoms with van der Waals surface area (Å²) in [6, 6.07) is 4.44. The lowest BCUT2D eigenvalue weighted by Gasteiger charge is -2.12. The third-order valence-electron chi connectivity index (χ3n) is 3.85. The van der Waals surface area contributed by atoms with E-state index < -0.39 is 17.6 Å². The molecule has 7 nitrogen and oxygen atoms in total. The van der Waals surface area contributed by atoms with Crippen LogP contribution in [0.5, 0.6) is 17.2 Å². The third kappa shape index (κ3) is 5.97. The number of unbranched alkanes of at least 4 members (excludes halogenated alkanes) is 4. The Morgan fingerprint density at radius 2 is 1.75 bits per heavy atom. The smallest absolute Gasteiger partial charge is 0.383 e. The van der Waals surface area contributed by atoms with Crippen LogP contribution in [0.25, 0.3) is 11.0 Å². The predicted octanol–water partition coefficient (Wildman–Crippen LogP) is 4.16. The summed E-state index contributed by atoms with van der Waals surface area (Å²) in [7, 11) is 0. The van der Waals surface area contributed by atoms with E-state index >= 15 is 0 Å². The zero-order valence-electron chi connectivity index (χ0n) is 16.1. The van der Waals surface area contributed by atoms with E-state index in [4.69, 9.17) is 18.6 Å². The van der Waals surface area contributed by atoms with Crippen molar-refractivity contribution < 1.29 is 28.2 Å². The number of hydrogen-bond donors (Lipinski definition) is 0. The molecule has 0 bridgehead atoms. The van der Waals surface area contributed by atoms with Crippen molar-refractivity contribution in [2.75, 3.05) is 6.61 Å². The molecule has 0 atom stereocenters. The van der Waals surface area contributed by atoms with Gasteiger partial charge in [0.1, 0.15) is 11.3 Å². The summed E-state index contributed by atoms with van der Waals surface area (Å²) >= 11 is 0. The van der Waals surface area contributed by atoms with Crippen molar-refractivity contribution in [3.63, 3.8) is 0 Å². The predicted molar refractivity (Wildman–Crippen MR) is 104 cm³/mol. The van der Waals surface area contributed by atoms with Gasteiger partial charge in [-0.05, 0) is 31.4 Å². The van der Waals surface area contributed by atoms with Crippen LogP contribution < -0.4 is 19.8 Å². The number of hydrogen-bond acceptors (Lipinski definition) is 7. The molecule has 0 aliphatic heterocycles. The molecule has 28 heavy (non-hydrogen) atoms. The van der Waals surface area contributed by atoms with Crippen molar-refractivity contribution in [2.45, 2.75) is 46.0 Å². The van der Waals surface area contributed by atoms with Crippen molar-refractivity contribution in [3.8, 4) is 17.2 Å². The molecular formula is C21H24O7. The van der Waals surface area contributed by atoms with Crippen LogP contribution in [0.3, 0.4) is 0 Å². The first kappa shape index (κ1) is 21.2. The van der Waals surface area contributed by atoms with Gasteiger partial charge in [-0.3, -0.25) is 9.59 Å². The molecule has 0 saturated carbocycles. The zero-order valence-corrected chi connectivity index (χ0v) is 16.1. The molecule has 0 amide bonds. The maximum absolute atomic E-state index is 12.4. The number of rotatable bonds is 10. The summed E-state index contributed by atoms with van der Waals surface area (Å²) < 4.78 is 21.1. The average Bonchev–Trinajstić information content (AvgIpc) is 2.61. The monoisotopic (exact) mass is 388 g/mol. The van der Waals surface area contributed by atoms with Crippen LogP contribution in [0.4, 0.5) is 0 Å². The molecule has 1 heterocycles. The Labute approximate surface area is 162 Å². The van der Waals surface area contributed by atoms with Gasteiger partial charge in [-0.15, -0.1) is 6.58 Å². The number of benzene rings is 1. The fraction of sp³-hybridized carbons (Fsp3) is 0.381. The number of fused-ring (bicyclic) bond motifs is 1. The first-order valence-electron chi connectivity index (χ1n) is 9.13. The van der Waals surface area contributed by atoms with E-state index in [1.54, 1.807) is 0 Å². The molecule has 7 heteroatoms. The highest BCUT2D eigenvalue weighted by atomic mass is 16.6. The molecule has 0 aliphatic carbocycles. The summed E-state index contributed by atoms with van der Waals surface area (Å²) in [6.45, 7) is 6.48. The molecule has 0 radical (unpaired) electrons. The normalized spacial score (nSPS) is 10.5. The van der Waals surface area contributed by atoms with Gasteiger partial charge < -0.3 is 18.6 Å². The van der Waals surface area contributed by atoms with Gasteiger partial charge in [-0.2, -0.15) is 0 Å². The topological polar surface area (TPSA) is 92.0 Å². The van der Waals surface area contributed by atoms with Crippen LogP contribution >= 0.6 is 0 Å². The van der Waals surface area contributed by atoms with Crippen LogP contribution in [-0.2, 0) is 9.59 Å². The molecule has 150 valence electrons. The summed E-state index contributed by atoms with van der Waals surface area (Å²) in [5.74, 6) is -1.03. The number of allylic oxidation sites excluding steroid dienone is 1. The van der Waals surface area contributed by atoms with Crippen molar-refractivity contribution in [1.29, 1.82) is 0 Å². The van der Waals surface area contributed by atoms with Gasteiger partial charge >= 0.3 is 17.6 Å². The second kappa shape index (κ2) is 10.3. The summed E-state index contributed by atoms with van der Waals surface area (Å²) in [6.07, 6.45) is 6.65. The third-order valence-corrected chi connectivity index (χ3v) is 3.85.